The molecule has 3 aliphatic carbocycles. The molecule has 31 heavy (non-hydrogen) atoms. The number of pyridine rings is 1. The van der Waals surface area contributed by atoms with Gasteiger partial charge < -0.3 is 10.6 Å². The standard InChI is InChI=1S/C22H27Cl2N5O2/c1-11-5-6-15(20(24)26-11)28-18(30)10-29-21(31)19(23)17(9-25-29)27-16-8-13-7-14(12(16)2)22(13,3)4/h5-6,9,12-14,16,27H,7-8,10H2,1-4H3,(H,28,30)/t12-,13-,14+,16-/m1/s1. The number of fused-ring (bicyclic) bond motifs is 2. The number of halogens is 2. The maximum Gasteiger partial charge on any atom is 0.288 e. The fraction of sp³-hybridized carbons (Fsp3) is 0.545. The Kier molecular flexibility index (Phi) is 5.77. The summed E-state index contributed by atoms with van der Waals surface area (Å²) >= 11 is 12.4. The Balaban J connectivity index is 1.44. The van der Waals surface area contributed by atoms with E-state index in [0.717, 1.165) is 16.8 Å². The number of aromatic nitrogens is 3. The highest BCUT2D eigenvalue weighted by molar-refractivity contribution is 6.33. The van der Waals surface area contributed by atoms with Crippen LogP contribution in [0.15, 0.2) is 23.1 Å². The monoisotopic (exact) mass is 463 g/mol. The van der Waals surface area contributed by atoms with Crippen molar-refractivity contribution in [2.45, 2.75) is 53.1 Å². The first-order valence-electron chi connectivity index (χ1n) is 10.5. The van der Waals surface area contributed by atoms with Crippen LogP contribution in [0.2, 0.25) is 10.2 Å². The van der Waals surface area contributed by atoms with E-state index in [0.29, 0.717) is 34.5 Å². The van der Waals surface area contributed by atoms with Gasteiger partial charge in [-0.25, -0.2) is 9.67 Å². The zero-order valence-electron chi connectivity index (χ0n) is 18.1. The lowest BCUT2D eigenvalue weighted by atomic mass is 9.45. The van der Waals surface area contributed by atoms with E-state index in [4.69, 9.17) is 23.2 Å². The van der Waals surface area contributed by atoms with E-state index in [-0.39, 0.29) is 22.8 Å². The van der Waals surface area contributed by atoms with E-state index in [1.807, 2.05) is 0 Å². The number of nitrogens with zero attached hydrogens (tertiary/aromatic N) is 3. The normalized spacial score (nSPS) is 26.1. The lowest BCUT2D eigenvalue weighted by Gasteiger charge is -2.62. The predicted octanol–water partition coefficient (Wildman–Crippen LogP) is 4.37. The number of nitrogens with one attached hydrogen (secondary N) is 2. The SMILES string of the molecule is Cc1ccc(NC(=O)Cn2ncc(N[C@@H]3C[C@H]4C[C@@H]([C@H]3C)C4(C)C)c(Cl)c2=O)c(Cl)n1. The van der Waals surface area contributed by atoms with E-state index >= 15 is 0 Å². The highest BCUT2D eigenvalue weighted by Gasteiger charge is 2.56. The molecular formula is C22H27Cl2N5O2. The van der Waals surface area contributed by atoms with Crippen molar-refractivity contribution >= 4 is 40.5 Å². The molecule has 0 radical (unpaired) electrons. The summed E-state index contributed by atoms with van der Waals surface area (Å²) in [6, 6.07) is 3.65. The minimum atomic E-state index is -0.510. The molecule has 2 N–H and O–H groups in total. The summed E-state index contributed by atoms with van der Waals surface area (Å²) < 4.78 is 1.04. The van der Waals surface area contributed by atoms with Crippen LogP contribution in [0.5, 0.6) is 0 Å². The van der Waals surface area contributed by atoms with Crippen molar-refractivity contribution in [1.29, 1.82) is 0 Å². The lowest BCUT2D eigenvalue weighted by Crippen LogP contribution is -2.58. The number of hydrogen-bond acceptors (Lipinski definition) is 5. The molecule has 3 aliphatic rings. The van der Waals surface area contributed by atoms with Crippen molar-refractivity contribution in [3.63, 3.8) is 0 Å². The van der Waals surface area contributed by atoms with Gasteiger partial charge >= 0.3 is 0 Å². The Morgan fingerprint density at radius 3 is 2.65 bits per heavy atom. The second-order valence-electron chi connectivity index (χ2n) is 9.38. The molecule has 0 unspecified atom stereocenters. The zero-order valence-corrected chi connectivity index (χ0v) is 19.6. The molecule has 3 fully saturated rings. The summed E-state index contributed by atoms with van der Waals surface area (Å²) in [7, 11) is 0. The number of carbonyl (C=O) groups excluding carboxylic acids is 1. The Morgan fingerprint density at radius 1 is 1.26 bits per heavy atom. The first kappa shape index (κ1) is 22.1. The summed E-state index contributed by atoms with van der Waals surface area (Å²) in [6.07, 6.45) is 3.85. The van der Waals surface area contributed by atoms with Crippen LogP contribution in [0.3, 0.4) is 0 Å². The molecule has 1 amide bonds. The molecule has 4 atom stereocenters. The molecule has 0 aromatic carbocycles. The summed E-state index contributed by atoms with van der Waals surface area (Å²) in [5.74, 6) is 1.40. The van der Waals surface area contributed by atoms with Crippen LogP contribution in [0.1, 0.15) is 39.3 Å². The molecule has 2 aromatic heterocycles. The van der Waals surface area contributed by atoms with Crippen LogP contribution < -0.4 is 16.2 Å². The minimum Gasteiger partial charge on any atom is -0.379 e. The number of carbonyl (C=O) groups is 1. The van der Waals surface area contributed by atoms with Crippen molar-refractivity contribution < 1.29 is 4.79 Å². The summed E-state index contributed by atoms with van der Waals surface area (Å²) in [6.45, 7) is 8.48. The van der Waals surface area contributed by atoms with E-state index in [2.05, 4.69) is 41.5 Å². The smallest absolute Gasteiger partial charge is 0.288 e. The van der Waals surface area contributed by atoms with Gasteiger partial charge in [-0.05, 0) is 55.1 Å². The fourth-order valence-electron chi connectivity index (χ4n) is 5.16. The van der Waals surface area contributed by atoms with Crippen molar-refractivity contribution in [2.24, 2.45) is 23.2 Å². The van der Waals surface area contributed by atoms with Gasteiger partial charge in [-0.2, -0.15) is 5.10 Å². The van der Waals surface area contributed by atoms with Gasteiger partial charge in [0.1, 0.15) is 11.6 Å². The zero-order chi connectivity index (χ0) is 22.5. The van der Waals surface area contributed by atoms with Gasteiger partial charge in [-0.15, -0.1) is 0 Å². The van der Waals surface area contributed by atoms with E-state index < -0.39 is 11.5 Å². The fourth-order valence-corrected chi connectivity index (χ4v) is 5.61. The van der Waals surface area contributed by atoms with Crippen molar-refractivity contribution in [3.8, 4) is 0 Å². The molecule has 166 valence electrons. The minimum absolute atomic E-state index is 0.0449. The van der Waals surface area contributed by atoms with Gasteiger partial charge in [-0.3, -0.25) is 9.59 Å². The molecule has 0 saturated heterocycles. The number of anilines is 2. The Hall–Kier alpha value is -2.12. The van der Waals surface area contributed by atoms with Gasteiger partial charge in [-0.1, -0.05) is 44.0 Å². The highest BCUT2D eigenvalue weighted by Crippen LogP contribution is 2.61. The Labute approximate surface area is 191 Å². The van der Waals surface area contributed by atoms with Crippen LogP contribution in [-0.2, 0) is 11.3 Å². The van der Waals surface area contributed by atoms with Gasteiger partial charge in [0.2, 0.25) is 5.91 Å². The average molecular weight is 464 g/mol. The summed E-state index contributed by atoms with van der Waals surface area (Å²) in [5.41, 5.74) is 1.51. The third-order valence-corrected chi connectivity index (χ3v) is 7.89. The van der Waals surface area contributed by atoms with Crippen molar-refractivity contribution in [2.75, 3.05) is 10.6 Å². The average Bonchev–Trinajstić information content (AvgIpc) is 2.70. The molecule has 7 nitrogen and oxygen atoms in total. The van der Waals surface area contributed by atoms with Crippen LogP contribution in [-0.4, -0.2) is 26.7 Å². The Bertz CT molecular complexity index is 1080. The molecule has 5 rings (SSSR count). The first-order chi connectivity index (χ1) is 14.6. The number of amides is 1. The van der Waals surface area contributed by atoms with Crippen LogP contribution in [0.4, 0.5) is 11.4 Å². The summed E-state index contributed by atoms with van der Waals surface area (Å²) in [4.78, 5) is 29.2. The second-order valence-corrected chi connectivity index (χ2v) is 10.1. The van der Waals surface area contributed by atoms with Crippen LogP contribution in [0, 0.1) is 30.1 Å². The third kappa shape index (κ3) is 4.05. The predicted molar refractivity (Wildman–Crippen MR) is 123 cm³/mol. The van der Waals surface area contributed by atoms with Gasteiger partial charge in [0, 0.05) is 11.7 Å². The maximum absolute atomic E-state index is 12.7. The van der Waals surface area contributed by atoms with Crippen LogP contribution >= 0.6 is 23.2 Å². The van der Waals surface area contributed by atoms with E-state index in [9.17, 15) is 9.59 Å². The Morgan fingerprint density at radius 2 is 2.00 bits per heavy atom. The largest absolute Gasteiger partial charge is 0.379 e. The second kappa shape index (κ2) is 8.10. The molecule has 2 bridgehead atoms. The number of rotatable bonds is 5. The molecule has 0 spiro atoms. The molecule has 2 aromatic rings. The lowest BCUT2D eigenvalue weighted by molar-refractivity contribution is -0.117. The van der Waals surface area contributed by atoms with Crippen molar-refractivity contribution in [3.05, 3.63) is 44.6 Å². The van der Waals surface area contributed by atoms with Crippen molar-refractivity contribution in [1.82, 2.24) is 14.8 Å². The first-order valence-corrected chi connectivity index (χ1v) is 11.3. The number of aryl methyl sites for hydroxylation is 1. The summed E-state index contributed by atoms with van der Waals surface area (Å²) in [5, 5.41) is 10.5. The molecule has 3 saturated carbocycles. The molecule has 2 heterocycles. The third-order valence-electron chi connectivity index (χ3n) is 7.24. The van der Waals surface area contributed by atoms with E-state index in [1.165, 1.54) is 12.6 Å². The van der Waals surface area contributed by atoms with Gasteiger partial charge in [0.25, 0.3) is 5.56 Å². The quantitative estimate of drug-likeness (QED) is 0.642. The molecule has 9 heteroatoms. The van der Waals surface area contributed by atoms with Gasteiger partial charge in [0.05, 0.1) is 17.6 Å². The van der Waals surface area contributed by atoms with E-state index in [1.54, 1.807) is 19.1 Å². The highest BCUT2D eigenvalue weighted by atomic mass is 35.5. The van der Waals surface area contributed by atoms with Gasteiger partial charge in [0.15, 0.2) is 5.15 Å². The number of hydrogen-bond donors (Lipinski definition) is 2. The topological polar surface area (TPSA) is 88.9 Å². The molecular weight excluding hydrogens is 437 g/mol. The van der Waals surface area contributed by atoms with Crippen LogP contribution in [0.25, 0.3) is 0 Å². The molecule has 0 aliphatic heterocycles. The maximum atomic E-state index is 12.7.